The lowest BCUT2D eigenvalue weighted by Gasteiger charge is -2.31. The molecule has 11 heteroatoms. The zero-order valence-electron chi connectivity index (χ0n) is 19.4. The van der Waals surface area contributed by atoms with Crippen molar-refractivity contribution >= 4 is 17.3 Å². The van der Waals surface area contributed by atoms with Gasteiger partial charge in [0, 0.05) is 55.1 Å². The Kier molecular flexibility index (Phi) is 4.85. The van der Waals surface area contributed by atoms with Crippen LogP contribution in [0.15, 0.2) is 24.4 Å². The highest BCUT2D eigenvalue weighted by Gasteiger charge is 2.87. The second-order valence-corrected chi connectivity index (χ2v) is 10.1. The molecule has 4 fully saturated rings. The first-order valence-corrected chi connectivity index (χ1v) is 11.8. The van der Waals surface area contributed by atoms with Gasteiger partial charge in [-0.25, -0.2) is 0 Å². The number of halogens is 3. The predicted octanol–water partition coefficient (Wildman–Crippen LogP) is 2.38. The largest absolute Gasteiger partial charge is 0.418 e. The SMILES string of the molecule is Cc1nn(C)cc1[C@@]12C[C@]1(C(=O)Nc1ccc(N3CCOCC3)c(C(F)(F)F)c1)[C@H]1C[C@H](O)[C@@H]2O1. The van der Waals surface area contributed by atoms with E-state index >= 15 is 0 Å². The number of hydrogen-bond donors (Lipinski definition) is 2. The van der Waals surface area contributed by atoms with Gasteiger partial charge in [0.1, 0.15) is 0 Å². The van der Waals surface area contributed by atoms with Gasteiger partial charge in [0.15, 0.2) is 0 Å². The average Bonchev–Trinajstić information content (AvgIpc) is 3.03. The number of rotatable bonds is 4. The number of anilines is 2. The molecule has 0 radical (unpaired) electrons. The summed E-state index contributed by atoms with van der Waals surface area (Å²) in [5, 5.41) is 17.8. The van der Waals surface area contributed by atoms with Crippen molar-refractivity contribution in [2.24, 2.45) is 12.5 Å². The quantitative estimate of drug-likeness (QED) is 0.682. The number of carbonyl (C=O) groups excluding carboxylic acids is 1. The molecule has 1 amide bonds. The van der Waals surface area contributed by atoms with E-state index in [2.05, 4.69) is 10.4 Å². The van der Waals surface area contributed by atoms with Crippen LogP contribution in [0.2, 0.25) is 0 Å². The molecule has 6 rings (SSSR count). The highest BCUT2D eigenvalue weighted by Crippen LogP contribution is 2.78. The Balaban J connectivity index is 1.33. The Hall–Kier alpha value is -2.63. The molecular formula is C24H27F3N4O4. The van der Waals surface area contributed by atoms with Crippen molar-refractivity contribution in [3.63, 3.8) is 0 Å². The molecule has 3 saturated heterocycles. The number of nitrogens with one attached hydrogen (secondary N) is 1. The fraction of sp³-hybridized carbons (Fsp3) is 0.583. The first-order chi connectivity index (χ1) is 16.6. The van der Waals surface area contributed by atoms with E-state index in [4.69, 9.17) is 9.47 Å². The lowest BCUT2D eigenvalue weighted by molar-refractivity contribution is -0.137. The third kappa shape index (κ3) is 3.10. The zero-order valence-corrected chi connectivity index (χ0v) is 19.4. The topological polar surface area (TPSA) is 88.9 Å². The Morgan fingerprint density at radius 2 is 2.03 bits per heavy atom. The summed E-state index contributed by atoms with van der Waals surface area (Å²) in [4.78, 5) is 15.4. The molecule has 4 aliphatic rings. The molecule has 1 aromatic carbocycles. The molecule has 3 aliphatic heterocycles. The van der Waals surface area contributed by atoms with Crippen LogP contribution < -0.4 is 10.2 Å². The minimum absolute atomic E-state index is 0.0788. The molecule has 1 aliphatic carbocycles. The van der Waals surface area contributed by atoms with Crippen molar-refractivity contribution in [1.82, 2.24) is 9.78 Å². The minimum Gasteiger partial charge on any atom is -0.390 e. The van der Waals surface area contributed by atoms with Crippen LogP contribution in [0.1, 0.15) is 29.7 Å². The number of hydrogen-bond acceptors (Lipinski definition) is 6. The number of alkyl halides is 3. The van der Waals surface area contributed by atoms with Crippen LogP contribution >= 0.6 is 0 Å². The normalized spacial score (nSPS) is 33.7. The molecular weight excluding hydrogens is 465 g/mol. The highest BCUT2D eigenvalue weighted by molar-refractivity contribution is 6.01. The predicted molar refractivity (Wildman–Crippen MR) is 119 cm³/mol. The van der Waals surface area contributed by atoms with Crippen LogP contribution in [-0.2, 0) is 32.9 Å². The van der Waals surface area contributed by atoms with Gasteiger partial charge in [0.2, 0.25) is 5.91 Å². The van der Waals surface area contributed by atoms with E-state index in [1.165, 1.54) is 12.1 Å². The van der Waals surface area contributed by atoms with Gasteiger partial charge < -0.3 is 24.8 Å². The summed E-state index contributed by atoms with van der Waals surface area (Å²) in [6.07, 6.45) is -3.70. The van der Waals surface area contributed by atoms with Crippen molar-refractivity contribution in [1.29, 1.82) is 0 Å². The molecule has 8 nitrogen and oxygen atoms in total. The Morgan fingerprint density at radius 1 is 1.29 bits per heavy atom. The number of fused-ring (bicyclic) bond motifs is 5. The van der Waals surface area contributed by atoms with E-state index in [0.29, 0.717) is 39.1 Å². The van der Waals surface area contributed by atoms with E-state index in [1.807, 2.05) is 13.1 Å². The molecule has 1 saturated carbocycles. The van der Waals surface area contributed by atoms with Crippen LogP contribution in [-0.4, -0.2) is 65.4 Å². The van der Waals surface area contributed by atoms with Gasteiger partial charge in [-0.2, -0.15) is 18.3 Å². The summed E-state index contributed by atoms with van der Waals surface area (Å²) in [6, 6.07) is 3.92. The van der Waals surface area contributed by atoms with Gasteiger partial charge in [-0.1, -0.05) is 0 Å². The second kappa shape index (κ2) is 7.44. The van der Waals surface area contributed by atoms with Crippen LogP contribution in [0.5, 0.6) is 0 Å². The molecule has 1 aromatic heterocycles. The van der Waals surface area contributed by atoms with E-state index < -0.39 is 40.9 Å². The summed E-state index contributed by atoms with van der Waals surface area (Å²) in [6.45, 7) is 3.32. The molecule has 2 N–H and O–H groups in total. The minimum atomic E-state index is -4.58. The number of aliphatic hydroxyl groups is 1. The number of aliphatic hydroxyl groups excluding tert-OH is 1. The molecule has 5 atom stereocenters. The maximum absolute atomic E-state index is 14.0. The molecule has 0 unspecified atom stereocenters. The Labute approximate surface area is 200 Å². The van der Waals surface area contributed by atoms with Gasteiger partial charge in [-0.3, -0.25) is 9.48 Å². The first kappa shape index (κ1) is 22.8. The molecule has 188 valence electrons. The number of aromatic nitrogens is 2. The summed E-state index contributed by atoms with van der Waals surface area (Å²) in [5.74, 6) is -0.382. The van der Waals surface area contributed by atoms with Crippen molar-refractivity contribution < 1.29 is 32.5 Å². The smallest absolute Gasteiger partial charge is 0.390 e. The lowest BCUT2D eigenvalue weighted by atomic mass is 9.74. The number of morpholine rings is 1. The maximum atomic E-state index is 14.0. The van der Waals surface area contributed by atoms with Crippen molar-refractivity contribution in [2.45, 2.75) is 49.7 Å². The van der Waals surface area contributed by atoms with Crippen molar-refractivity contribution in [3.8, 4) is 0 Å². The van der Waals surface area contributed by atoms with Gasteiger partial charge in [-0.15, -0.1) is 0 Å². The number of amides is 1. The van der Waals surface area contributed by atoms with Crippen LogP contribution in [0.25, 0.3) is 0 Å². The first-order valence-electron chi connectivity index (χ1n) is 11.8. The number of ether oxygens (including phenoxy) is 2. The van der Waals surface area contributed by atoms with Crippen LogP contribution in [0.3, 0.4) is 0 Å². The number of aryl methyl sites for hydroxylation is 2. The van der Waals surface area contributed by atoms with E-state index in [9.17, 15) is 23.1 Å². The summed E-state index contributed by atoms with van der Waals surface area (Å²) >= 11 is 0. The van der Waals surface area contributed by atoms with Crippen molar-refractivity contribution in [2.75, 3.05) is 36.5 Å². The molecule has 0 spiro atoms. The zero-order chi connectivity index (χ0) is 24.8. The van der Waals surface area contributed by atoms with E-state index in [0.717, 1.165) is 17.3 Å². The number of carbonyl (C=O) groups is 1. The summed E-state index contributed by atoms with van der Waals surface area (Å²) < 4.78 is 54.9. The lowest BCUT2D eigenvalue weighted by Crippen LogP contribution is -2.44. The van der Waals surface area contributed by atoms with Gasteiger partial charge in [-0.05, 0) is 31.5 Å². The Bertz CT molecular complexity index is 1190. The van der Waals surface area contributed by atoms with Gasteiger partial charge in [0.05, 0.1) is 48.2 Å². The van der Waals surface area contributed by atoms with Crippen LogP contribution in [0.4, 0.5) is 24.5 Å². The average molecular weight is 492 g/mol. The molecule has 35 heavy (non-hydrogen) atoms. The maximum Gasteiger partial charge on any atom is 0.418 e. The van der Waals surface area contributed by atoms with Gasteiger partial charge in [0.25, 0.3) is 0 Å². The molecule has 2 bridgehead atoms. The van der Waals surface area contributed by atoms with Gasteiger partial charge >= 0.3 is 6.18 Å². The standard InChI is InChI=1S/C24H27F3N4O4/c1-13-16(11-30(2)29-13)22-12-23(22,19-10-18(32)20(22)35-19)21(33)28-14-3-4-17(15(9-14)24(25,26)27)31-5-7-34-8-6-31/h3-4,9,11,18-20,32H,5-8,10,12H2,1-2H3,(H,28,33)/t18-,19+,20-,22+,23+/m0/s1. The molecule has 2 aromatic rings. The highest BCUT2D eigenvalue weighted by atomic mass is 19.4. The van der Waals surface area contributed by atoms with Crippen LogP contribution in [0, 0.1) is 12.3 Å². The Morgan fingerprint density at radius 3 is 2.69 bits per heavy atom. The number of benzene rings is 1. The third-order valence-corrected chi connectivity index (χ3v) is 8.19. The second-order valence-electron chi connectivity index (χ2n) is 10.1. The number of nitrogens with zero attached hydrogens (tertiary/aromatic N) is 3. The fourth-order valence-electron chi connectivity index (χ4n) is 6.70. The summed E-state index contributed by atoms with van der Waals surface area (Å²) in [5.41, 5.74) is -0.722. The fourth-order valence-corrected chi connectivity index (χ4v) is 6.70. The van der Waals surface area contributed by atoms with E-state index in [-0.39, 0.29) is 17.3 Å². The third-order valence-electron chi connectivity index (χ3n) is 8.19. The molecule has 4 heterocycles. The summed E-state index contributed by atoms with van der Waals surface area (Å²) in [7, 11) is 1.79. The van der Waals surface area contributed by atoms with E-state index in [1.54, 1.807) is 16.6 Å². The monoisotopic (exact) mass is 492 g/mol. The van der Waals surface area contributed by atoms with Crippen molar-refractivity contribution in [3.05, 3.63) is 41.2 Å².